The second-order valence-electron chi connectivity index (χ2n) is 7.83. The van der Waals surface area contributed by atoms with E-state index < -0.39 is 36.0 Å². The molecule has 1 atom stereocenters. The zero-order valence-electron chi connectivity index (χ0n) is 17.2. The summed E-state index contributed by atoms with van der Waals surface area (Å²) in [4.78, 5) is 51.1. The van der Waals surface area contributed by atoms with Crippen LogP contribution in [-0.4, -0.2) is 53.9 Å². The van der Waals surface area contributed by atoms with E-state index in [4.69, 9.17) is 4.74 Å². The smallest absolute Gasteiger partial charge is 0.326 e. The number of carbonyl (C=O) groups is 4. The number of nitrogens with one attached hydrogen (secondary N) is 1. The standard InChI is InChI=1S/C22H28N2O6/c1-29-18(25)11-10-17-20(27)24(21(28)22(23-17)12-6-3-7-13-22)14-19(26)30-15-16-8-4-2-5-9-16/h2,4-5,8-9,17,23H,3,6-7,10-15H2,1H3/t17-/m0/s1. The van der Waals surface area contributed by atoms with Crippen LogP contribution in [0, 0.1) is 0 Å². The maximum atomic E-state index is 13.2. The van der Waals surface area contributed by atoms with Gasteiger partial charge in [-0.3, -0.25) is 29.4 Å². The fourth-order valence-electron chi connectivity index (χ4n) is 4.14. The summed E-state index contributed by atoms with van der Waals surface area (Å²) < 4.78 is 9.94. The second kappa shape index (κ2) is 9.84. The number of ether oxygens (including phenoxy) is 2. The number of imide groups is 1. The number of carbonyl (C=O) groups excluding carboxylic acids is 4. The lowest BCUT2D eigenvalue weighted by molar-refractivity contribution is -0.165. The maximum Gasteiger partial charge on any atom is 0.326 e. The summed E-state index contributed by atoms with van der Waals surface area (Å²) in [6, 6.07) is 8.47. The number of amides is 2. The van der Waals surface area contributed by atoms with Gasteiger partial charge in [-0.05, 0) is 24.8 Å². The Morgan fingerprint density at radius 2 is 1.80 bits per heavy atom. The summed E-state index contributed by atoms with van der Waals surface area (Å²) in [5, 5.41) is 3.21. The third-order valence-corrected chi connectivity index (χ3v) is 5.77. The second-order valence-corrected chi connectivity index (χ2v) is 7.83. The molecule has 1 aromatic rings. The van der Waals surface area contributed by atoms with Crippen molar-refractivity contribution in [3.05, 3.63) is 35.9 Å². The molecule has 2 fully saturated rings. The molecule has 162 valence electrons. The first-order valence-electron chi connectivity index (χ1n) is 10.3. The third kappa shape index (κ3) is 5.05. The average Bonchev–Trinajstić information content (AvgIpc) is 2.78. The lowest BCUT2D eigenvalue weighted by Gasteiger charge is -2.46. The number of esters is 2. The highest BCUT2D eigenvalue weighted by Crippen LogP contribution is 2.34. The molecular weight excluding hydrogens is 388 g/mol. The molecule has 2 aliphatic rings. The molecule has 1 aliphatic heterocycles. The van der Waals surface area contributed by atoms with Gasteiger partial charge >= 0.3 is 11.9 Å². The summed E-state index contributed by atoms with van der Waals surface area (Å²) in [5.74, 6) is -1.94. The average molecular weight is 416 g/mol. The SMILES string of the molecule is COC(=O)CC[C@@H]1NC2(CCCCC2)C(=O)N(CC(=O)OCc2ccccc2)C1=O. The molecule has 1 saturated heterocycles. The van der Waals surface area contributed by atoms with Gasteiger partial charge in [-0.15, -0.1) is 0 Å². The molecule has 1 saturated carbocycles. The van der Waals surface area contributed by atoms with Crippen LogP contribution in [0.15, 0.2) is 30.3 Å². The number of piperazine rings is 1. The van der Waals surface area contributed by atoms with Crippen LogP contribution < -0.4 is 5.32 Å². The van der Waals surface area contributed by atoms with Crippen molar-refractivity contribution < 1.29 is 28.7 Å². The fourth-order valence-corrected chi connectivity index (χ4v) is 4.14. The maximum absolute atomic E-state index is 13.2. The first-order chi connectivity index (χ1) is 14.4. The molecule has 1 N–H and O–H groups in total. The number of rotatable bonds is 7. The minimum Gasteiger partial charge on any atom is -0.469 e. The molecule has 1 aliphatic carbocycles. The molecule has 1 heterocycles. The predicted octanol–water partition coefficient (Wildman–Crippen LogP) is 1.71. The summed E-state index contributed by atoms with van der Waals surface area (Å²) in [6.07, 6.45) is 4.21. The van der Waals surface area contributed by atoms with Gasteiger partial charge in [0.2, 0.25) is 11.8 Å². The zero-order chi connectivity index (χ0) is 21.6. The molecule has 0 bridgehead atoms. The van der Waals surface area contributed by atoms with Crippen molar-refractivity contribution in [2.75, 3.05) is 13.7 Å². The molecule has 0 unspecified atom stereocenters. The molecule has 3 rings (SSSR count). The fraction of sp³-hybridized carbons (Fsp3) is 0.545. The van der Waals surface area contributed by atoms with E-state index in [1.54, 1.807) is 0 Å². The summed E-state index contributed by atoms with van der Waals surface area (Å²) >= 11 is 0. The Labute approximate surface area is 175 Å². The van der Waals surface area contributed by atoms with Gasteiger partial charge in [0.1, 0.15) is 13.2 Å². The van der Waals surface area contributed by atoms with Gasteiger partial charge in [0, 0.05) is 6.42 Å². The molecule has 0 aromatic heterocycles. The predicted molar refractivity (Wildman–Crippen MR) is 107 cm³/mol. The Bertz CT molecular complexity index is 788. The van der Waals surface area contributed by atoms with Crippen LogP contribution in [0.3, 0.4) is 0 Å². The number of hydrogen-bond donors (Lipinski definition) is 1. The summed E-state index contributed by atoms with van der Waals surface area (Å²) in [5.41, 5.74) is -0.0457. The van der Waals surface area contributed by atoms with Crippen LogP contribution >= 0.6 is 0 Å². The molecule has 2 amide bonds. The van der Waals surface area contributed by atoms with Crippen LogP contribution in [0.1, 0.15) is 50.5 Å². The highest BCUT2D eigenvalue weighted by atomic mass is 16.5. The monoisotopic (exact) mass is 416 g/mol. The van der Waals surface area contributed by atoms with E-state index in [-0.39, 0.29) is 25.4 Å². The van der Waals surface area contributed by atoms with E-state index in [0.717, 1.165) is 29.7 Å². The molecule has 30 heavy (non-hydrogen) atoms. The summed E-state index contributed by atoms with van der Waals surface area (Å²) in [6.45, 7) is -0.353. The van der Waals surface area contributed by atoms with Crippen molar-refractivity contribution in [1.29, 1.82) is 0 Å². The Kier molecular flexibility index (Phi) is 7.20. The number of methoxy groups -OCH3 is 1. The van der Waals surface area contributed by atoms with Gasteiger partial charge in [0.05, 0.1) is 18.7 Å². The van der Waals surface area contributed by atoms with Crippen molar-refractivity contribution in [3.63, 3.8) is 0 Å². The Morgan fingerprint density at radius 1 is 1.10 bits per heavy atom. The quantitative estimate of drug-likeness (QED) is 0.533. The highest BCUT2D eigenvalue weighted by molar-refractivity contribution is 6.06. The molecule has 8 nitrogen and oxygen atoms in total. The van der Waals surface area contributed by atoms with E-state index in [1.807, 2.05) is 30.3 Å². The minimum atomic E-state index is -0.868. The first kappa shape index (κ1) is 22.0. The molecule has 1 aromatic carbocycles. The van der Waals surface area contributed by atoms with Gasteiger partial charge < -0.3 is 9.47 Å². The lowest BCUT2D eigenvalue weighted by atomic mass is 9.78. The van der Waals surface area contributed by atoms with Gasteiger partial charge in [-0.2, -0.15) is 0 Å². The topological polar surface area (TPSA) is 102 Å². The number of hydrogen-bond acceptors (Lipinski definition) is 7. The Balaban J connectivity index is 1.70. The lowest BCUT2D eigenvalue weighted by Crippen LogP contribution is -2.71. The highest BCUT2D eigenvalue weighted by Gasteiger charge is 2.51. The largest absolute Gasteiger partial charge is 0.469 e. The van der Waals surface area contributed by atoms with Crippen LogP contribution in [0.5, 0.6) is 0 Å². The van der Waals surface area contributed by atoms with Crippen molar-refractivity contribution in [2.45, 2.75) is 63.1 Å². The zero-order valence-corrected chi connectivity index (χ0v) is 17.2. The third-order valence-electron chi connectivity index (χ3n) is 5.77. The van der Waals surface area contributed by atoms with Crippen molar-refractivity contribution in [1.82, 2.24) is 10.2 Å². The molecule has 0 radical (unpaired) electrons. The Hall–Kier alpha value is -2.74. The minimum absolute atomic E-state index is 0.0521. The van der Waals surface area contributed by atoms with Gasteiger partial charge in [0.15, 0.2) is 0 Å². The van der Waals surface area contributed by atoms with Gasteiger partial charge in [-0.1, -0.05) is 49.6 Å². The van der Waals surface area contributed by atoms with E-state index in [2.05, 4.69) is 10.1 Å². The van der Waals surface area contributed by atoms with E-state index in [1.165, 1.54) is 7.11 Å². The normalized spacial score (nSPS) is 20.8. The van der Waals surface area contributed by atoms with Crippen LogP contribution in [-0.2, 0) is 35.3 Å². The van der Waals surface area contributed by atoms with Crippen LogP contribution in [0.2, 0.25) is 0 Å². The molecule has 1 spiro atoms. The first-order valence-corrected chi connectivity index (χ1v) is 10.3. The van der Waals surface area contributed by atoms with Crippen molar-refractivity contribution in [3.8, 4) is 0 Å². The van der Waals surface area contributed by atoms with Crippen molar-refractivity contribution in [2.24, 2.45) is 0 Å². The van der Waals surface area contributed by atoms with Crippen LogP contribution in [0.25, 0.3) is 0 Å². The molecule has 8 heteroatoms. The van der Waals surface area contributed by atoms with Gasteiger partial charge in [-0.25, -0.2) is 0 Å². The van der Waals surface area contributed by atoms with E-state index >= 15 is 0 Å². The Morgan fingerprint density at radius 3 is 2.47 bits per heavy atom. The van der Waals surface area contributed by atoms with Gasteiger partial charge in [0.25, 0.3) is 0 Å². The van der Waals surface area contributed by atoms with E-state index in [9.17, 15) is 19.2 Å². The molecular formula is C22H28N2O6. The summed E-state index contributed by atoms with van der Waals surface area (Å²) in [7, 11) is 1.29. The van der Waals surface area contributed by atoms with E-state index in [0.29, 0.717) is 12.8 Å². The number of benzene rings is 1. The van der Waals surface area contributed by atoms with Crippen LogP contribution in [0.4, 0.5) is 0 Å². The van der Waals surface area contributed by atoms with Crippen molar-refractivity contribution >= 4 is 23.8 Å². The number of nitrogens with zero attached hydrogens (tertiary/aromatic N) is 1.